The minimum Gasteiger partial charge on any atom is -0.497 e. The number of aromatic nitrogens is 2. The van der Waals surface area contributed by atoms with Crippen LogP contribution in [-0.4, -0.2) is 60.2 Å². The summed E-state index contributed by atoms with van der Waals surface area (Å²) in [6, 6.07) is 7.08. The second-order valence-corrected chi connectivity index (χ2v) is 8.00. The van der Waals surface area contributed by atoms with Crippen LogP contribution in [0.1, 0.15) is 40.5 Å². The quantitative estimate of drug-likeness (QED) is 0.616. The molecule has 29 heavy (non-hydrogen) atoms. The molecule has 2 heterocycles. The van der Waals surface area contributed by atoms with E-state index in [-0.39, 0.29) is 11.8 Å². The fraction of sp³-hybridized carbons (Fsp3) is 0.500. The number of carbonyl (C=O) groups excluding carboxylic acids is 2. The monoisotopic (exact) mass is 417 g/mol. The van der Waals surface area contributed by atoms with Crippen LogP contribution in [0.5, 0.6) is 5.75 Å². The van der Waals surface area contributed by atoms with Crippen molar-refractivity contribution < 1.29 is 14.3 Å². The predicted octanol–water partition coefficient (Wildman–Crippen LogP) is 2.33. The van der Waals surface area contributed by atoms with Crippen molar-refractivity contribution >= 4 is 28.8 Å². The first kappa shape index (κ1) is 21.2. The Morgan fingerprint density at radius 1 is 1.17 bits per heavy atom. The van der Waals surface area contributed by atoms with Crippen molar-refractivity contribution in [2.75, 3.05) is 38.6 Å². The van der Waals surface area contributed by atoms with Gasteiger partial charge in [0.1, 0.15) is 10.8 Å². The molecular formula is C20H27N5O3S. The van der Waals surface area contributed by atoms with Gasteiger partial charge in [0, 0.05) is 31.6 Å². The maximum atomic E-state index is 12.3. The maximum absolute atomic E-state index is 12.3. The molecule has 2 aromatic rings. The standard InChI is InChI=1S/C20H27N5O3S/c1-28-16-9-7-15(8-10-16)22-19(27)20-24-23-18(29-20)6-4-5-17(26)21-11-14-25-12-2-3-13-25/h7-10H,2-6,11-14H2,1H3,(H,21,26)(H,22,27). The number of methoxy groups -OCH3 is 1. The van der Waals surface area contributed by atoms with Crippen LogP contribution < -0.4 is 15.4 Å². The molecular weight excluding hydrogens is 390 g/mol. The zero-order chi connectivity index (χ0) is 20.5. The van der Waals surface area contributed by atoms with E-state index in [1.165, 1.54) is 24.2 Å². The number of rotatable bonds is 10. The Morgan fingerprint density at radius 3 is 2.66 bits per heavy atom. The Labute approximate surface area is 174 Å². The molecule has 0 radical (unpaired) electrons. The van der Waals surface area contributed by atoms with Crippen LogP contribution in [0.4, 0.5) is 5.69 Å². The Hall–Kier alpha value is -2.52. The van der Waals surface area contributed by atoms with Crippen molar-refractivity contribution in [2.24, 2.45) is 0 Å². The summed E-state index contributed by atoms with van der Waals surface area (Å²) in [4.78, 5) is 26.6. The number of likely N-dealkylation sites (tertiary alicyclic amines) is 1. The summed E-state index contributed by atoms with van der Waals surface area (Å²) in [5, 5.41) is 14.9. The third kappa shape index (κ3) is 6.79. The number of carbonyl (C=O) groups is 2. The molecule has 1 saturated heterocycles. The van der Waals surface area contributed by atoms with Crippen molar-refractivity contribution in [3.8, 4) is 5.75 Å². The van der Waals surface area contributed by atoms with Crippen molar-refractivity contribution in [3.05, 3.63) is 34.3 Å². The molecule has 1 aliphatic heterocycles. The molecule has 0 aliphatic carbocycles. The fourth-order valence-electron chi connectivity index (χ4n) is 3.15. The van der Waals surface area contributed by atoms with Gasteiger partial charge in [-0.25, -0.2) is 0 Å². The number of nitrogens with zero attached hydrogens (tertiary/aromatic N) is 3. The lowest BCUT2D eigenvalue weighted by molar-refractivity contribution is -0.121. The van der Waals surface area contributed by atoms with Gasteiger partial charge >= 0.3 is 0 Å². The third-order valence-electron chi connectivity index (χ3n) is 4.75. The van der Waals surface area contributed by atoms with Crippen LogP contribution in [0.3, 0.4) is 0 Å². The zero-order valence-electron chi connectivity index (χ0n) is 16.6. The minimum atomic E-state index is -0.293. The second kappa shape index (κ2) is 10.9. The largest absolute Gasteiger partial charge is 0.497 e. The summed E-state index contributed by atoms with van der Waals surface area (Å²) in [5.41, 5.74) is 0.665. The molecule has 0 unspecified atom stereocenters. The van der Waals surface area contributed by atoms with Gasteiger partial charge in [-0.1, -0.05) is 11.3 Å². The molecule has 2 N–H and O–H groups in total. The van der Waals surface area contributed by atoms with E-state index in [9.17, 15) is 9.59 Å². The van der Waals surface area contributed by atoms with E-state index < -0.39 is 0 Å². The highest BCUT2D eigenvalue weighted by Crippen LogP contribution is 2.18. The molecule has 1 fully saturated rings. The highest BCUT2D eigenvalue weighted by Gasteiger charge is 2.14. The summed E-state index contributed by atoms with van der Waals surface area (Å²) < 4.78 is 5.10. The Morgan fingerprint density at radius 2 is 1.93 bits per heavy atom. The Bertz CT molecular complexity index is 803. The molecule has 0 atom stereocenters. The van der Waals surface area contributed by atoms with Crippen molar-refractivity contribution in [3.63, 3.8) is 0 Å². The van der Waals surface area contributed by atoms with E-state index in [2.05, 4.69) is 25.7 Å². The van der Waals surface area contributed by atoms with Gasteiger partial charge in [-0.3, -0.25) is 9.59 Å². The summed E-state index contributed by atoms with van der Waals surface area (Å²) in [6.07, 6.45) is 4.29. The van der Waals surface area contributed by atoms with Gasteiger partial charge in [-0.2, -0.15) is 0 Å². The number of benzene rings is 1. The van der Waals surface area contributed by atoms with E-state index in [0.29, 0.717) is 36.5 Å². The highest BCUT2D eigenvalue weighted by molar-refractivity contribution is 7.13. The first-order valence-corrected chi connectivity index (χ1v) is 10.7. The van der Waals surface area contributed by atoms with Gasteiger partial charge in [0.05, 0.1) is 7.11 Å². The van der Waals surface area contributed by atoms with Crippen LogP contribution in [0.15, 0.2) is 24.3 Å². The van der Waals surface area contributed by atoms with E-state index in [1.807, 2.05) is 0 Å². The van der Waals surface area contributed by atoms with Crippen LogP contribution in [0.25, 0.3) is 0 Å². The minimum absolute atomic E-state index is 0.0613. The molecule has 9 heteroatoms. The zero-order valence-corrected chi connectivity index (χ0v) is 17.5. The first-order valence-electron chi connectivity index (χ1n) is 9.91. The van der Waals surface area contributed by atoms with Crippen molar-refractivity contribution in [1.82, 2.24) is 20.4 Å². The smallest absolute Gasteiger partial charge is 0.286 e. The molecule has 0 saturated carbocycles. The van der Waals surface area contributed by atoms with E-state index in [1.54, 1.807) is 31.4 Å². The van der Waals surface area contributed by atoms with Gasteiger partial charge in [0.2, 0.25) is 10.9 Å². The van der Waals surface area contributed by atoms with Crippen LogP contribution in [0.2, 0.25) is 0 Å². The van der Waals surface area contributed by atoms with Crippen LogP contribution in [-0.2, 0) is 11.2 Å². The van der Waals surface area contributed by atoms with Crippen LogP contribution >= 0.6 is 11.3 Å². The average Bonchev–Trinajstić information content (AvgIpc) is 3.41. The lowest BCUT2D eigenvalue weighted by Crippen LogP contribution is -2.33. The van der Waals surface area contributed by atoms with E-state index in [0.717, 1.165) is 30.4 Å². The summed E-state index contributed by atoms with van der Waals surface area (Å²) in [6.45, 7) is 3.91. The predicted molar refractivity (Wildman–Crippen MR) is 112 cm³/mol. The average molecular weight is 418 g/mol. The lowest BCUT2D eigenvalue weighted by atomic mass is 10.2. The highest BCUT2D eigenvalue weighted by atomic mass is 32.1. The Kier molecular flexibility index (Phi) is 7.94. The van der Waals surface area contributed by atoms with Crippen LogP contribution in [0, 0.1) is 0 Å². The molecule has 3 rings (SSSR count). The Balaban J connectivity index is 1.35. The molecule has 1 aromatic heterocycles. The molecule has 1 aliphatic rings. The normalized spacial score (nSPS) is 14.0. The van der Waals surface area contributed by atoms with Gasteiger partial charge in [0.25, 0.3) is 5.91 Å². The fourth-order valence-corrected chi connectivity index (χ4v) is 3.93. The summed E-state index contributed by atoms with van der Waals surface area (Å²) in [5.74, 6) is 0.492. The molecule has 1 aromatic carbocycles. The third-order valence-corrected chi connectivity index (χ3v) is 5.73. The number of anilines is 1. The summed E-state index contributed by atoms with van der Waals surface area (Å²) in [7, 11) is 1.59. The first-order chi connectivity index (χ1) is 14.1. The van der Waals surface area contributed by atoms with Crippen molar-refractivity contribution in [1.29, 1.82) is 0 Å². The number of amides is 2. The lowest BCUT2D eigenvalue weighted by Gasteiger charge is -2.14. The van der Waals surface area contributed by atoms with Gasteiger partial charge in [0.15, 0.2) is 0 Å². The summed E-state index contributed by atoms with van der Waals surface area (Å²) >= 11 is 1.26. The van der Waals surface area contributed by atoms with Gasteiger partial charge < -0.3 is 20.3 Å². The van der Waals surface area contributed by atoms with Gasteiger partial charge in [-0.15, -0.1) is 10.2 Å². The van der Waals surface area contributed by atoms with Crippen molar-refractivity contribution in [2.45, 2.75) is 32.1 Å². The van der Waals surface area contributed by atoms with E-state index in [4.69, 9.17) is 4.74 Å². The molecule has 8 nitrogen and oxygen atoms in total. The maximum Gasteiger partial charge on any atom is 0.286 e. The number of hydrogen-bond acceptors (Lipinski definition) is 7. The van der Waals surface area contributed by atoms with Gasteiger partial charge in [-0.05, 0) is 56.6 Å². The SMILES string of the molecule is COc1ccc(NC(=O)c2nnc(CCCC(=O)NCCN3CCCC3)s2)cc1. The van der Waals surface area contributed by atoms with E-state index >= 15 is 0 Å². The number of aryl methyl sites for hydroxylation is 1. The molecule has 0 bridgehead atoms. The number of ether oxygens (including phenoxy) is 1. The molecule has 2 amide bonds. The second-order valence-electron chi connectivity index (χ2n) is 6.94. The molecule has 156 valence electrons. The number of nitrogens with one attached hydrogen (secondary N) is 2. The topological polar surface area (TPSA) is 96.5 Å². The molecule has 0 spiro atoms. The number of hydrogen-bond donors (Lipinski definition) is 2.